The molecule has 190 valence electrons. The van der Waals surface area contributed by atoms with Crippen molar-refractivity contribution in [3.8, 4) is 11.5 Å². The van der Waals surface area contributed by atoms with Gasteiger partial charge < -0.3 is 14.2 Å². The Bertz CT molecular complexity index is 1250. The number of aromatic nitrogens is 2. The van der Waals surface area contributed by atoms with Crippen LogP contribution in [-0.4, -0.2) is 27.2 Å². The Morgan fingerprint density at radius 1 is 1.08 bits per heavy atom. The first kappa shape index (κ1) is 24.8. The molecule has 1 N–H and O–H groups in total. The number of aryl methyl sites for hydroxylation is 1. The lowest BCUT2D eigenvalue weighted by Gasteiger charge is -2.15. The molecule has 2 fully saturated rings. The van der Waals surface area contributed by atoms with Crippen LogP contribution in [0.2, 0.25) is 5.02 Å². The minimum atomic E-state index is -0.900. The van der Waals surface area contributed by atoms with Crippen LogP contribution in [0.3, 0.4) is 0 Å². The molecule has 1 atom stereocenters. The zero-order chi connectivity index (χ0) is 25.2. The minimum absolute atomic E-state index is 0.00704. The van der Waals surface area contributed by atoms with E-state index in [-0.39, 0.29) is 36.9 Å². The molecular weight excluding hydrogens is 480 g/mol. The lowest BCUT2D eigenvalue weighted by Crippen LogP contribution is -2.13. The average molecular weight is 511 g/mol. The third kappa shape index (κ3) is 5.56. The number of Topliss-reactive ketones (excluding diaryl/α,β-unsaturated/α-hetero) is 1. The summed E-state index contributed by atoms with van der Waals surface area (Å²) in [5.74, 6) is 0.891. The summed E-state index contributed by atoms with van der Waals surface area (Å²) in [6.45, 7) is 1.95. The van der Waals surface area contributed by atoms with E-state index < -0.39 is 5.97 Å². The number of hydrogen-bond donors (Lipinski definition) is 1. The fourth-order valence-corrected chi connectivity index (χ4v) is 5.64. The maximum absolute atomic E-state index is 13.1. The van der Waals surface area contributed by atoms with Crippen LogP contribution in [0.25, 0.3) is 11.5 Å². The third-order valence-corrected chi connectivity index (χ3v) is 7.78. The van der Waals surface area contributed by atoms with E-state index in [0.717, 1.165) is 48.1 Å². The van der Waals surface area contributed by atoms with Crippen LogP contribution >= 0.6 is 11.6 Å². The Labute approximate surface area is 215 Å². The first-order valence-electron chi connectivity index (χ1n) is 12.8. The Morgan fingerprint density at radius 3 is 2.56 bits per heavy atom. The molecule has 2 aliphatic rings. The highest BCUT2D eigenvalue weighted by Gasteiger charge is 2.37. The monoisotopic (exact) mass is 510 g/mol. The van der Waals surface area contributed by atoms with Crippen LogP contribution in [0.1, 0.15) is 104 Å². The molecule has 0 amide bonds. The van der Waals surface area contributed by atoms with Crippen molar-refractivity contribution in [3.05, 3.63) is 57.4 Å². The molecule has 3 aromatic rings. The quantitative estimate of drug-likeness (QED) is 0.296. The molecule has 0 saturated heterocycles. The highest BCUT2D eigenvalue weighted by molar-refractivity contribution is 6.31. The van der Waals surface area contributed by atoms with Gasteiger partial charge in [0.2, 0.25) is 0 Å². The van der Waals surface area contributed by atoms with Gasteiger partial charge >= 0.3 is 5.97 Å². The number of halogens is 1. The first-order chi connectivity index (χ1) is 17.4. The molecule has 2 aromatic heterocycles. The van der Waals surface area contributed by atoms with E-state index in [1.165, 1.54) is 12.8 Å². The minimum Gasteiger partial charge on any atom is -0.481 e. The summed E-state index contributed by atoms with van der Waals surface area (Å²) in [6.07, 6.45) is 7.26. The smallest absolute Gasteiger partial charge is 0.303 e. The van der Waals surface area contributed by atoms with E-state index in [4.69, 9.17) is 20.6 Å². The number of aliphatic carboxylic acids is 1. The average Bonchev–Trinajstić information content (AvgIpc) is 3.22. The molecule has 5 rings (SSSR count). The van der Waals surface area contributed by atoms with Gasteiger partial charge in [0, 0.05) is 47.8 Å². The summed E-state index contributed by atoms with van der Waals surface area (Å²) in [5.41, 5.74) is 4.07. The van der Waals surface area contributed by atoms with Crippen LogP contribution < -0.4 is 0 Å². The molecule has 0 radical (unpaired) electrons. The Balaban J connectivity index is 1.41. The molecule has 1 unspecified atom stereocenters. The topological polar surface area (TPSA) is 106 Å². The molecule has 0 aliphatic heterocycles. The van der Waals surface area contributed by atoms with Crippen molar-refractivity contribution in [1.29, 1.82) is 0 Å². The van der Waals surface area contributed by atoms with Crippen molar-refractivity contribution in [3.63, 3.8) is 0 Å². The maximum atomic E-state index is 13.1. The van der Waals surface area contributed by atoms with Crippen LogP contribution in [0.5, 0.6) is 0 Å². The molecular formula is C28H31ClN2O5. The number of rotatable bonds is 11. The largest absolute Gasteiger partial charge is 0.481 e. The predicted molar refractivity (Wildman–Crippen MR) is 134 cm³/mol. The van der Waals surface area contributed by atoms with Gasteiger partial charge in [-0.15, -0.1) is 0 Å². The highest BCUT2D eigenvalue weighted by atomic mass is 35.5. The molecule has 8 heteroatoms. The number of ketones is 1. The number of hydrogen-bond acceptors (Lipinski definition) is 6. The van der Waals surface area contributed by atoms with Crippen molar-refractivity contribution in [2.45, 2.75) is 88.9 Å². The number of carboxylic acid groups (broad SMARTS) is 1. The Kier molecular flexibility index (Phi) is 7.28. The van der Waals surface area contributed by atoms with Crippen molar-refractivity contribution in [2.24, 2.45) is 0 Å². The number of benzene rings is 1. The van der Waals surface area contributed by atoms with Crippen LogP contribution in [-0.2, 0) is 16.0 Å². The molecule has 36 heavy (non-hydrogen) atoms. The van der Waals surface area contributed by atoms with Gasteiger partial charge in [0.25, 0.3) is 0 Å². The molecule has 0 bridgehead atoms. The van der Waals surface area contributed by atoms with Gasteiger partial charge in [0.05, 0.1) is 5.69 Å². The van der Waals surface area contributed by atoms with Crippen molar-refractivity contribution >= 4 is 23.4 Å². The second-order valence-corrected chi connectivity index (χ2v) is 10.7. The van der Waals surface area contributed by atoms with Gasteiger partial charge in [-0.2, -0.15) is 0 Å². The predicted octanol–water partition coefficient (Wildman–Crippen LogP) is 6.98. The fraction of sp³-hybridized carbons (Fsp3) is 0.500. The SMILES string of the molecule is Cc1ccc(CC(=O)CC(CCC(=O)O)c2noc(-c3cc(C4CCCC4)on3)c2C2CC2)c(Cl)c1. The van der Waals surface area contributed by atoms with Crippen molar-refractivity contribution in [2.75, 3.05) is 0 Å². The summed E-state index contributed by atoms with van der Waals surface area (Å²) in [6, 6.07) is 7.61. The zero-order valence-corrected chi connectivity index (χ0v) is 21.2. The van der Waals surface area contributed by atoms with E-state index in [9.17, 15) is 14.7 Å². The van der Waals surface area contributed by atoms with Crippen LogP contribution in [0.4, 0.5) is 0 Å². The Hall–Kier alpha value is -2.93. The van der Waals surface area contributed by atoms with Crippen LogP contribution in [0.15, 0.2) is 33.3 Å². The van der Waals surface area contributed by atoms with Crippen LogP contribution in [0, 0.1) is 6.92 Å². The molecule has 2 aliphatic carbocycles. The number of carboxylic acids is 1. The summed E-state index contributed by atoms with van der Waals surface area (Å²) in [4.78, 5) is 24.5. The number of nitrogens with zero attached hydrogens (tertiary/aromatic N) is 2. The summed E-state index contributed by atoms with van der Waals surface area (Å²) in [7, 11) is 0. The molecule has 2 saturated carbocycles. The molecule has 2 heterocycles. The first-order valence-corrected chi connectivity index (χ1v) is 13.2. The summed E-state index contributed by atoms with van der Waals surface area (Å²) < 4.78 is 11.5. The van der Waals surface area contributed by atoms with Gasteiger partial charge in [-0.25, -0.2) is 0 Å². The lowest BCUT2D eigenvalue weighted by molar-refractivity contribution is -0.137. The summed E-state index contributed by atoms with van der Waals surface area (Å²) in [5, 5.41) is 18.6. The van der Waals surface area contributed by atoms with Gasteiger partial charge in [-0.1, -0.05) is 46.9 Å². The molecule has 1 aromatic carbocycles. The maximum Gasteiger partial charge on any atom is 0.303 e. The lowest BCUT2D eigenvalue weighted by atomic mass is 9.87. The van der Waals surface area contributed by atoms with E-state index in [1.54, 1.807) is 0 Å². The second kappa shape index (κ2) is 10.6. The third-order valence-electron chi connectivity index (χ3n) is 7.42. The second-order valence-electron chi connectivity index (χ2n) is 10.3. The van der Waals surface area contributed by atoms with Gasteiger partial charge in [-0.05, 0) is 62.1 Å². The van der Waals surface area contributed by atoms with Gasteiger partial charge in [0.1, 0.15) is 11.5 Å². The number of carbonyl (C=O) groups is 2. The molecule has 7 nitrogen and oxygen atoms in total. The van der Waals surface area contributed by atoms with Gasteiger partial charge in [-0.3, -0.25) is 9.59 Å². The Morgan fingerprint density at radius 2 is 1.86 bits per heavy atom. The van der Waals surface area contributed by atoms with E-state index in [1.807, 2.05) is 31.2 Å². The normalized spacial score (nSPS) is 16.9. The van der Waals surface area contributed by atoms with Crippen molar-refractivity contribution in [1.82, 2.24) is 10.3 Å². The van der Waals surface area contributed by atoms with E-state index >= 15 is 0 Å². The van der Waals surface area contributed by atoms with Gasteiger partial charge in [0.15, 0.2) is 11.5 Å². The molecule has 0 spiro atoms. The standard InChI is InChI=1S/C28H31ClN2O5/c1-16-6-7-19(22(29)12-16)13-21(32)14-20(10-11-25(33)34)27-26(18-8-9-18)28(36-31-27)23-15-24(35-30-23)17-4-2-3-5-17/h6-7,12,15,17-18,20H,2-5,8-11,13-14H2,1H3,(H,33,34). The summed E-state index contributed by atoms with van der Waals surface area (Å²) >= 11 is 6.35. The highest BCUT2D eigenvalue weighted by Crippen LogP contribution is 2.49. The van der Waals surface area contributed by atoms with E-state index in [2.05, 4.69) is 10.3 Å². The fourth-order valence-electron chi connectivity index (χ4n) is 5.34. The van der Waals surface area contributed by atoms with Crippen molar-refractivity contribution < 1.29 is 23.7 Å². The zero-order valence-electron chi connectivity index (χ0n) is 20.5. The number of carbonyl (C=O) groups excluding carboxylic acids is 1. The van der Waals surface area contributed by atoms with E-state index in [0.29, 0.717) is 34.5 Å².